The lowest BCUT2D eigenvalue weighted by Crippen LogP contribution is -2.19. The minimum absolute atomic E-state index is 0.504. The van der Waals surface area contributed by atoms with Crippen LogP contribution in [0.2, 0.25) is 0 Å². The Kier molecular flexibility index (Phi) is 1.49. The van der Waals surface area contributed by atoms with E-state index in [4.69, 9.17) is 5.73 Å². The topological polar surface area (TPSA) is 83.8 Å². The molecule has 0 radical (unpaired) electrons. The lowest BCUT2D eigenvalue weighted by atomic mass is 10.3. The van der Waals surface area contributed by atoms with Crippen LogP contribution in [0, 0.1) is 0 Å². The quantitative estimate of drug-likeness (QED) is 0.606. The molecule has 1 aromatic heterocycles. The molecule has 1 aliphatic rings. The Bertz CT molecular complexity index is 302. The summed E-state index contributed by atoms with van der Waals surface area (Å²) in [6, 6.07) is 1.24. The third kappa shape index (κ3) is 1.39. The highest BCUT2D eigenvalue weighted by molar-refractivity contribution is 5.86. The van der Waals surface area contributed by atoms with Crippen molar-refractivity contribution in [2.24, 2.45) is 5.73 Å². The number of hydrogen-bond acceptors (Lipinski definition) is 2. The highest BCUT2D eigenvalue weighted by Gasteiger charge is 2.25. The molecule has 4 N–H and O–H groups in total. The van der Waals surface area contributed by atoms with Gasteiger partial charge in [0, 0.05) is 17.7 Å². The van der Waals surface area contributed by atoms with Crippen molar-refractivity contribution in [3.63, 3.8) is 0 Å². The second-order valence-electron chi connectivity index (χ2n) is 2.97. The Morgan fingerprint density at radius 3 is 3.08 bits per heavy atom. The van der Waals surface area contributed by atoms with Crippen molar-refractivity contribution >= 4 is 11.8 Å². The molecule has 0 saturated heterocycles. The number of nitrogens with one attached hydrogen (secondary N) is 2. The molecular weight excluding hydrogens is 156 g/mol. The number of hydrogen-bond donors (Lipinski definition) is 3. The Morgan fingerprint density at radius 2 is 2.50 bits per heavy atom. The summed E-state index contributed by atoms with van der Waals surface area (Å²) in [5.74, 6) is 1.12. The first-order valence-corrected chi connectivity index (χ1v) is 3.87. The highest BCUT2D eigenvalue weighted by Crippen LogP contribution is 2.39. The normalized spacial score (nSPS) is 16.0. The summed E-state index contributed by atoms with van der Waals surface area (Å²) in [7, 11) is 0. The van der Waals surface area contributed by atoms with Crippen molar-refractivity contribution in [2.75, 3.05) is 5.32 Å². The maximum atomic E-state index is 10.4. The van der Waals surface area contributed by atoms with Crippen LogP contribution in [0.25, 0.3) is 0 Å². The average molecular weight is 166 g/mol. The van der Waals surface area contributed by atoms with Crippen LogP contribution in [-0.4, -0.2) is 16.2 Å². The number of amides is 2. The molecule has 5 nitrogen and oxygen atoms in total. The Hall–Kier alpha value is -1.52. The van der Waals surface area contributed by atoms with E-state index >= 15 is 0 Å². The second kappa shape index (κ2) is 2.51. The molecule has 1 aromatic rings. The van der Waals surface area contributed by atoms with Crippen LogP contribution >= 0.6 is 0 Å². The van der Waals surface area contributed by atoms with E-state index < -0.39 is 6.03 Å². The summed E-state index contributed by atoms with van der Waals surface area (Å²) in [6.07, 6.45) is 2.41. The van der Waals surface area contributed by atoms with Crippen molar-refractivity contribution in [3.05, 3.63) is 11.8 Å². The van der Waals surface area contributed by atoms with Crippen LogP contribution in [0.4, 0.5) is 10.6 Å². The minimum Gasteiger partial charge on any atom is -0.351 e. The fourth-order valence-electron chi connectivity index (χ4n) is 1.13. The fourth-order valence-corrected chi connectivity index (χ4v) is 1.13. The molecule has 64 valence electrons. The van der Waals surface area contributed by atoms with E-state index in [0.29, 0.717) is 11.7 Å². The lowest BCUT2D eigenvalue weighted by molar-refractivity contribution is 0.259. The van der Waals surface area contributed by atoms with E-state index in [-0.39, 0.29) is 0 Å². The number of nitrogens with two attached hydrogens (primary N) is 1. The third-order valence-electron chi connectivity index (χ3n) is 1.87. The zero-order valence-corrected chi connectivity index (χ0v) is 6.50. The first-order chi connectivity index (χ1) is 5.75. The van der Waals surface area contributed by atoms with Crippen LogP contribution in [0.15, 0.2) is 6.07 Å². The first kappa shape index (κ1) is 7.15. The lowest BCUT2D eigenvalue weighted by Gasteiger charge is -1.91. The molecule has 0 unspecified atom stereocenters. The summed E-state index contributed by atoms with van der Waals surface area (Å²) in [4.78, 5) is 10.4. The molecule has 0 bridgehead atoms. The summed E-state index contributed by atoms with van der Waals surface area (Å²) < 4.78 is 0. The molecule has 0 aromatic carbocycles. The van der Waals surface area contributed by atoms with Gasteiger partial charge in [-0.15, -0.1) is 0 Å². The number of urea groups is 1. The number of aromatic amines is 1. The van der Waals surface area contributed by atoms with Crippen LogP contribution in [0.1, 0.15) is 24.5 Å². The smallest absolute Gasteiger partial charge is 0.317 e. The zero-order valence-electron chi connectivity index (χ0n) is 6.50. The van der Waals surface area contributed by atoms with Gasteiger partial charge >= 0.3 is 6.03 Å². The summed E-state index contributed by atoms with van der Waals surface area (Å²) in [5.41, 5.74) is 6.00. The van der Waals surface area contributed by atoms with E-state index in [0.717, 1.165) is 5.69 Å². The van der Waals surface area contributed by atoms with E-state index in [1.54, 1.807) is 0 Å². The van der Waals surface area contributed by atoms with Gasteiger partial charge in [-0.2, -0.15) is 5.10 Å². The minimum atomic E-state index is -0.580. The Morgan fingerprint density at radius 1 is 1.75 bits per heavy atom. The number of carbonyl (C=O) groups excluding carboxylic acids is 1. The number of carbonyl (C=O) groups is 1. The molecule has 2 rings (SSSR count). The first-order valence-electron chi connectivity index (χ1n) is 3.87. The number of primary amides is 1. The third-order valence-corrected chi connectivity index (χ3v) is 1.87. The molecule has 0 atom stereocenters. The molecule has 5 heteroatoms. The van der Waals surface area contributed by atoms with Crippen LogP contribution in [0.5, 0.6) is 0 Å². The number of rotatable bonds is 2. The van der Waals surface area contributed by atoms with Gasteiger partial charge in [0.15, 0.2) is 5.82 Å². The van der Waals surface area contributed by atoms with Gasteiger partial charge in [-0.3, -0.25) is 10.4 Å². The van der Waals surface area contributed by atoms with Crippen LogP contribution in [0.3, 0.4) is 0 Å². The molecule has 12 heavy (non-hydrogen) atoms. The average Bonchev–Trinajstić information content (AvgIpc) is 2.73. The molecule has 0 aliphatic heterocycles. The molecule has 1 saturated carbocycles. The Labute approximate surface area is 69.3 Å². The van der Waals surface area contributed by atoms with Gasteiger partial charge in [-0.25, -0.2) is 4.79 Å². The van der Waals surface area contributed by atoms with Gasteiger partial charge in [0.05, 0.1) is 0 Å². The van der Waals surface area contributed by atoms with E-state index in [1.165, 1.54) is 12.8 Å². The molecule has 2 amide bonds. The largest absolute Gasteiger partial charge is 0.351 e. The number of anilines is 1. The van der Waals surface area contributed by atoms with E-state index in [9.17, 15) is 4.79 Å². The monoisotopic (exact) mass is 166 g/mol. The van der Waals surface area contributed by atoms with E-state index in [1.807, 2.05) is 6.07 Å². The molecular formula is C7H10N4O. The standard InChI is InChI=1S/C7H10N4O/c8-7(12)9-6-3-5(10-11-6)4-1-2-4/h3-4H,1-2H2,(H4,8,9,10,11,12). The predicted octanol–water partition coefficient (Wildman–Crippen LogP) is 0.778. The van der Waals surface area contributed by atoms with Crippen molar-refractivity contribution < 1.29 is 4.79 Å². The van der Waals surface area contributed by atoms with Gasteiger partial charge in [-0.05, 0) is 12.8 Å². The van der Waals surface area contributed by atoms with E-state index in [2.05, 4.69) is 15.5 Å². The van der Waals surface area contributed by atoms with Gasteiger partial charge in [0.1, 0.15) is 0 Å². The van der Waals surface area contributed by atoms with Crippen molar-refractivity contribution in [1.82, 2.24) is 10.2 Å². The fraction of sp³-hybridized carbons (Fsp3) is 0.429. The van der Waals surface area contributed by atoms with Crippen molar-refractivity contribution in [3.8, 4) is 0 Å². The predicted molar refractivity (Wildman–Crippen MR) is 43.8 cm³/mol. The zero-order chi connectivity index (χ0) is 8.55. The van der Waals surface area contributed by atoms with Gasteiger partial charge in [0.2, 0.25) is 0 Å². The number of nitrogens with zero attached hydrogens (tertiary/aromatic N) is 1. The van der Waals surface area contributed by atoms with Gasteiger partial charge in [-0.1, -0.05) is 0 Å². The summed E-state index contributed by atoms with van der Waals surface area (Å²) in [5, 5.41) is 9.14. The van der Waals surface area contributed by atoms with Crippen LogP contribution in [-0.2, 0) is 0 Å². The Balaban J connectivity index is 2.07. The van der Waals surface area contributed by atoms with Gasteiger partial charge < -0.3 is 5.73 Å². The second-order valence-corrected chi connectivity index (χ2v) is 2.97. The molecule has 1 fully saturated rings. The summed E-state index contributed by atoms with van der Waals surface area (Å²) >= 11 is 0. The number of H-pyrrole nitrogens is 1. The SMILES string of the molecule is NC(=O)Nc1cc(C2CC2)[nH]n1. The molecule has 1 aliphatic carbocycles. The number of aromatic nitrogens is 2. The summed E-state index contributed by atoms with van der Waals surface area (Å²) in [6.45, 7) is 0. The molecule has 1 heterocycles. The van der Waals surface area contributed by atoms with Crippen LogP contribution < -0.4 is 11.1 Å². The molecule has 0 spiro atoms. The highest BCUT2D eigenvalue weighted by atomic mass is 16.2. The van der Waals surface area contributed by atoms with Crippen molar-refractivity contribution in [1.29, 1.82) is 0 Å². The van der Waals surface area contributed by atoms with Gasteiger partial charge in [0.25, 0.3) is 0 Å². The van der Waals surface area contributed by atoms with Crippen molar-refractivity contribution in [2.45, 2.75) is 18.8 Å². The maximum Gasteiger partial charge on any atom is 0.317 e. The maximum absolute atomic E-state index is 10.4.